The number of fused-ring (bicyclic) bond motifs is 1. The molecule has 7 heteroatoms. The maximum atomic E-state index is 13.4. The largest absolute Gasteiger partial charge is 0.416 e. The Bertz CT molecular complexity index is 1270. The summed E-state index contributed by atoms with van der Waals surface area (Å²) in [4.78, 5) is 9.31. The van der Waals surface area contributed by atoms with Crippen molar-refractivity contribution in [1.82, 2.24) is 15.3 Å². The summed E-state index contributed by atoms with van der Waals surface area (Å²) in [5.74, 6) is 0.928. The molecular formula is C28H29F3N4. The first-order valence-corrected chi connectivity index (χ1v) is 11.9. The molecule has 0 spiro atoms. The normalized spacial score (nSPS) is 12.6. The van der Waals surface area contributed by atoms with Crippen LogP contribution in [-0.2, 0) is 6.18 Å². The number of alkyl halides is 3. The van der Waals surface area contributed by atoms with Gasteiger partial charge in [-0.2, -0.15) is 13.2 Å². The first-order chi connectivity index (χ1) is 16.8. The van der Waals surface area contributed by atoms with Crippen LogP contribution in [0.1, 0.15) is 32.3 Å². The van der Waals surface area contributed by atoms with Crippen molar-refractivity contribution in [3.8, 4) is 22.5 Å². The van der Waals surface area contributed by atoms with Gasteiger partial charge in [0.2, 0.25) is 0 Å². The minimum atomic E-state index is -4.44. The van der Waals surface area contributed by atoms with Crippen molar-refractivity contribution in [3.05, 3.63) is 78.4 Å². The quantitative estimate of drug-likeness (QED) is 0.250. The van der Waals surface area contributed by atoms with Crippen molar-refractivity contribution in [3.63, 3.8) is 0 Å². The Hall–Kier alpha value is -3.45. The van der Waals surface area contributed by atoms with E-state index in [1.807, 2.05) is 54.6 Å². The number of halogens is 3. The van der Waals surface area contributed by atoms with Crippen LogP contribution in [0.15, 0.2) is 72.8 Å². The molecule has 0 bridgehead atoms. The van der Waals surface area contributed by atoms with Gasteiger partial charge in [0.1, 0.15) is 5.82 Å². The average Bonchev–Trinajstić information content (AvgIpc) is 2.86. The van der Waals surface area contributed by atoms with E-state index in [-0.39, 0.29) is 11.6 Å². The van der Waals surface area contributed by atoms with Gasteiger partial charge in [0.15, 0.2) is 5.82 Å². The van der Waals surface area contributed by atoms with Crippen molar-refractivity contribution < 1.29 is 13.2 Å². The second-order valence-electron chi connectivity index (χ2n) is 8.61. The molecule has 1 aromatic heterocycles. The van der Waals surface area contributed by atoms with Crippen LogP contribution in [0.25, 0.3) is 33.4 Å². The van der Waals surface area contributed by atoms with Gasteiger partial charge in [-0.3, -0.25) is 0 Å². The number of hydrogen-bond acceptors (Lipinski definition) is 4. The van der Waals surface area contributed by atoms with E-state index in [1.54, 1.807) is 0 Å². The number of nitrogens with one attached hydrogen (secondary N) is 2. The second-order valence-corrected chi connectivity index (χ2v) is 8.61. The molecule has 0 radical (unpaired) electrons. The Kier molecular flexibility index (Phi) is 7.66. The lowest BCUT2D eigenvalue weighted by molar-refractivity contribution is -0.137. The minimum absolute atomic E-state index is 0.0950. The highest BCUT2D eigenvalue weighted by atomic mass is 19.4. The number of aromatic nitrogens is 2. The van der Waals surface area contributed by atoms with Crippen molar-refractivity contribution in [1.29, 1.82) is 0 Å². The third-order valence-corrected chi connectivity index (χ3v) is 5.88. The lowest BCUT2D eigenvalue weighted by Gasteiger charge is -2.18. The van der Waals surface area contributed by atoms with E-state index in [2.05, 4.69) is 29.5 Å². The molecule has 1 heterocycles. The van der Waals surface area contributed by atoms with Gasteiger partial charge in [-0.05, 0) is 68.2 Å². The zero-order valence-electron chi connectivity index (χ0n) is 19.9. The van der Waals surface area contributed by atoms with Gasteiger partial charge in [0, 0.05) is 17.0 Å². The van der Waals surface area contributed by atoms with E-state index in [0.717, 1.165) is 54.8 Å². The van der Waals surface area contributed by atoms with Crippen LogP contribution in [-0.4, -0.2) is 29.1 Å². The third-order valence-electron chi connectivity index (χ3n) is 5.88. The van der Waals surface area contributed by atoms with Crippen LogP contribution in [0.5, 0.6) is 0 Å². The van der Waals surface area contributed by atoms with E-state index < -0.39 is 11.7 Å². The minimum Gasteiger partial charge on any atom is -0.367 e. The smallest absolute Gasteiger partial charge is 0.367 e. The van der Waals surface area contributed by atoms with E-state index in [0.29, 0.717) is 17.0 Å². The fourth-order valence-electron chi connectivity index (χ4n) is 4.03. The number of anilines is 1. The second kappa shape index (κ2) is 10.9. The summed E-state index contributed by atoms with van der Waals surface area (Å²) in [7, 11) is 0. The summed E-state index contributed by atoms with van der Waals surface area (Å²) in [6.45, 7) is 5.96. The fraction of sp³-hybridized carbons (Fsp3) is 0.286. The summed E-state index contributed by atoms with van der Waals surface area (Å²) in [6.07, 6.45) is -2.56. The molecule has 3 aromatic carbocycles. The van der Waals surface area contributed by atoms with Crippen molar-refractivity contribution >= 4 is 16.7 Å². The maximum Gasteiger partial charge on any atom is 0.416 e. The van der Waals surface area contributed by atoms with E-state index in [4.69, 9.17) is 4.98 Å². The SMILES string of the molecule is CCNCCCC(C)Nc1nc(-c2cccc(-c3ccccc3)c2)nc2cc(C(F)(F)F)ccc12. The summed E-state index contributed by atoms with van der Waals surface area (Å²) >= 11 is 0. The molecule has 1 unspecified atom stereocenters. The van der Waals surface area contributed by atoms with Crippen molar-refractivity contribution in [2.45, 2.75) is 38.9 Å². The van der Waals surface area contributed by atoms with Gasteiger partial charge in [0.25, 0.3) is 0 Å². The Morgan fingerprint density at radius 3 is 2.34 bits per heavy atom. The third kappa shape index (κ3) is 6.17. The van der Waals surface area contributed by atoms with Gasteiger partial charge in [0.05, 0.1) is 11.1 Å². The van der Waals surface area contributed by atoms with Crippen molar-refractivity contribution in [2.75, 3.05) is 18.4 Å². The molecule has 4 rings (SSSR count). The standard InChI is InChI=1S/C28H29F3N4/c1-3-32-16-8-9-19(2)33-27-24-15-14-23(28(29,30)31)18-25(24)34-26(35-27)22-13-7-12-21(17-22)20-10-5-4-6-11-20/h4-7,10-15,17-19,32H,3,8-9,16H2,1-2H3,(H,33,34,35). The molecule has 182 valence electrons. The Morgan fingerprint density at radius 2 is 1.60 bits per heavy atom. The molecule has 1 atom stereocenters. The predicted molar refractivity (Wildman–Crippen MR) is 136 cm³/mol. The molecule has 0 aliphatic heterocycles. The summed E-state index contributed by atoms with van der Waals surface area (Å²) in [6, 6.07) is 21.4. The molecule has 4 nitrogen and oxygen atoms in total. The molecule has 0 saturated heterocycles. The number of hydrogen-bond donors (Lipinski definition) is 2. The van der Waals surface area contributed by atoms with Crippen LogP contribution in [0, 0.1) is 0 Å². The van der Waals surface area contributed by atoms with Crippen LogP contribution >= 0.6 is 0 Å². The highest BCUT2D eigenvalue weighted by Gasteiger charge is 2.31. The van der Waals surface area contributed by atoms with Crippen LogP contribution in [0.3, 0.4) is 0 Å². The molecule has 0 fully saturated rings. The zero-order valence-corrected chi connectivity index (χ0v) is 19.9. The number of rotatable bonds is 9. The topological polar surface area (TPSA) is 49.8 Å². The maximum absolute atomic E-state index is 13.4. The van der Waals surface area contributed by atoms with Crippen LogP contribution in [0.2, 0.25) is 0 Å². The van der Waals surface area contributed by atoms with Crippen molar-refractivity contribution in [2.24, 2.45) is 0 Å². The lowest BCUT2D eigenvalue weighted by atomic mass is 10.0. The summed E-state index contributed by atoms with van der Waals surface area (Å²) in [5.41, 5.74) is 2.31. The monoisotopic (exact) mass is 478 g/mol. The van der Waals surface area contributed by atoms with E-state index in [9.17, 15) is 13.2 Å². The molecule has 0 aliphatic rings. The average molecular weight is 479 g/mol. The first kappa shape index (κ1) is 24.7. The molecule has 2 N–H and O–H groups in total. The van der Waals surface area contributed by atoms with E-state index >= 15 is 0 Å². The Balaban J connectivity index is 1.74. The highest BCUT2D eigenvalue weighted by Crippen LogP contribution is 2.34. The van der Waals surface area contributed by atoms with Crippen LogP contribution < -0.4 is 10.6 Å². The molecular weight excluding hydrogens is 449 g/mol. The van der Waals surface area contributed by atoms with Crippen LogP contribution in [0.4, 0.5) is 19.0 Å². The predicted octanol–water partition coefficient (Wildman–Crippen LogP) is 7.17. The zero-order chi connectivity index (χ0) is 24.8. The van der Waals surface area contributed by atoms with Gasteiger partial charge < -0.3 is 10.6 Å². The molecule has 0 saturated carbocycles. The lowest BCUT2D eigenvalue weighted by Crippen LogP contribution is -2.20. The molecule has 0 amide bonds. The van der Waals surface area contributed by atoms with Gasteiger partial charge in [-0.1, -0.05) is 55.5 Å². The molecule has 0 aliphatic carbocycles. The van der Waals surface area contributed by atoms with Gasteiger partial charge >= 0.3 is 6.18 Å². The number of benzene rings is 3. The Morgan fingerprint density at radius 1 is 0.857 bits per heavy atom. The Labute approximate surface area is 203 Å². The fourth-order valence-corrected chi connectivity index (χ4v) is 4.03. The summed E-state index contributed by atoms with van der Waals surface area (Å²) < 4.78 is 40.3. The highest BCUT2D eigenvalue weighted by molar-refractivity contribution is 5.91. The van der Waals surface area contributed by atoms with Gasteiger partial charge in [-0.25, -0.2) is 9.97 Å². The first-order valence-electron chi connectivity index (χ1n) is 11.9. The number of nitrogens with zero attached hydrogens (tertiary/aromatic N) is 2. The molecule has 4 aromatic rings. The van der Waals surface area contributed by atoms with Gasteiger partial charge in [-0.15, -0.1) is 0 Å². The summed E-state index contributed by atoms with van der Waals surface area (Å²) in [5, 5.41) is 7.29. The molecule has 35 heavy (non-hydrogen) atoms. The van der Waals surface area contributed by atoms with E-state index in [1.165, 1.54) is 6.07 Å².